The minimum atomic E-state index is -0.646. The van der Waals surface area contributed by atoms with Crippen LogP contribution in [0.3, 0.4) is 0 Å². The monoisotopic (exact) mass is 261 g/mol. The van der Waals surface area contributed by atoms with Gasteiger partial charge in [0.25, 0.3) is 0 Å². The zero-order valence-electron chi connectivity index (χ0n) is 10.2. The molecule has 19 heavy (non-hydrogen) atoms. The Balaban J connectivity index is 1.83. The number of carbonyl (C=O) groups excluding carboxylic acids is 1. The van der Waals surface area contributed by atoms with Gasteiger partial charge in [-0.15, -0.1) is 0 Å². The van der Waals surface area contributed by atoms with Gasteiger partial charge in [-0.1, -0.05) is 12.1 Å². The minimum Gasteiger partial charge on any atom is -0.508 e. The van der Waals surface area contributed by atoms with Gasteiger partial charge in [-0.25, -0.2) is 4.98 Å². The van der Waals surface area contributed by atoms with Crippen molar-refractivity contribution in [2.45, 2.75) is 19.0 Å². The number of phenolic OH excluding ortho intramolecular Hbond substituents is 1. The van der Waals surface area contributed by atoms with Crippen LogP contribution in [0.1, 0.15) is 11.4 Å². The fourth-order valence-electron chi connectivity index (χ4n) is 1.60. The summed E-state index contributed by atoms with van der Waals surface area (Å²) in [4.78, 5) is 15.7. The van der Waals surface area contributed by atoms with Crippen LogP contribution in [0.15, 0.2) is 30.6 Å². The van der Waals surface area contributed by atoms with Crippen LogP contribution in [0, 0.1) is 0 Å². The molecule has 0 aliphatic carbocycles. The first kappa shape index (κ1) is 13.0. The average molecular weight is 261 g/mol. The Morgan fingerprint density at radius 3 is 2.79 bits per heavy atom. The van der Waals surface area contributed by atoms with Crippen LogP contribution < -0.4 is 11.1 Å². The van der Waals surface area contributed by atoms with Crippen LogP contribution in [0.25, 0.3) is 0 Å². The van der Waals surface area contributed by atoms with E-state index in [4.69, 9.17) is 10.8 Å². The SMILES string of the molecule is NC(Cc1ccc(O)cc1)C(=O)NCc1ncn[nH]1. The largest absolute Gasteiger partial charge is 0.508 e. The first-order chi connectivity index (χ1) is 9.15. The number of rotatable bonds is 5. The van der Waals surface area contributed by atoms with E-state index in [0.29, 0.717) is 12.2 Å². The Morgan fingerprint density at radius 2 is 2.16 bits per heavy atom. The van der Waals surface area contributed by atoms with Gasteiger partial charge in [-0.2, -0.15) is 5.10 Å². The summed E-state index contributed by atoms with van der Waals surface area (Å²) >= 11 is 0. The number of hydrogen-bond acceptors (Lipinski definition) is 5. The molecule has 0 aliphatic heterocycles. The highest BCUT2D eigenvalue weighted by molar-refractivity contribution is 5.81. The number of nitrogens with two attached hydrogens (primary N) is 1. The molecule has 5 N–H and O–H groups in total. The first-order valence-electron chi connectivity index (χ1n) is 5.80. The smallest absolute Gasteiger partial charge is 0.237 e. The lowest BCUT2D eigenvalue weighted by atomic mass is 10.1. The van der Waals surface area contributed by atoms with E-state index >= 15 is 0 Å². The van der Waals surface area contributed by atoms with Gasteiger partial charge in [0, 0.05) is 0 Å². The molecule has 1 heterocycles. The van der Waals surface area contributed by atoms with Crippen molar-refractivity contribution in [2.24, 2.45) is 5.73 Å². The number of carbonyl (C=O) groups is 1. The second-order valence-corrected chi connectivity index (χ2v) is 4.13. The molecule has 7 heteroatoms. The van der Waals surface area contributed by atoms with Crippen molar-refractivity contribution in [1.29, 1.82) is 0 Å². The Kier molecular flexibility index (Phi) is 4.09. The molecule has 0 bridgehead atoms. The number of aromatic amines is 1. The molecule has 0 radical (unpaired) electrons. The highest BCUT2D eigenvalue weighted by Crippen LogP contribution is 2.10. The molecule has 7 nitrogen and oxygen atoms in total. The minimum absolute atomic E-state index is 0.187. The maximum Gasteiger partial charge on any atom is 0.237 e. The number of nitrogens with one attached hydrogen (secondary N) is 2. The maximum absolute atomic E-state index is 11.8. The molecule has 2 rings (SSSR count). The van der Waals surface area contributed by atoms with Gasteiger partial charge in [-0.3, -0.25) is 9.89 Å². The van der Waals surface area contributed by atoms with Crippen molar-refractivity contribution in [1.82, 2.24) is 20.5 Å². The number of benzene rings is 1. The Bertz CT molecular complexity index is 524. The quantitative estimate of drug-likeness (QED) is 0.589. The van der Waals surface area contributed by atoms with Crippen LogP contribution in [0.5, 0.6) is 5.75 Å². The number of amides is 1. The summed E-state index contributed by atoms with van der Waals surface area (Å²) in [5, 5.41) is 18.2. The highest BCUT2D eigenvalue weighted by atomic mass is 16.3. The predicted octanol–water partition coefficient (Wildman–Crippen LogP) is -0.304. The molecule has 2 aromatic rings. The molecule has 100 valence electrons. The van der Waals surface area contributed by atoms with Crippen LogP contribution in [-0.2, 0) is 17.8 Å². The number of hydrogen-bond donors (Lipinski definition) is 4. The van der Waals surface area contributed by atoms with E-state index in [2.05, 4.69) is 20.5 Å². The third-order valence-corrected chi connectivity index (χ3v) is 2.62. The normalized spacial score (nSPS) is 12.1. The molecular weight excluding hydrogens is 246 g/mol. The number of aromatic hydroxyl groups is 1. The molecule has 1 aromatic heterocycles. The van der Waals surface area contributed by atoms with Crippen LogP contribution in [-0.4, -0.2) is 32.2 Å². The van der Waals surface area contributed by atoms with E-state index < -0.39 is 6.04 Å². The van der Waals surface area contributed by atoms with Crippen LogP contribution in [0.4, 0.5) is 0 Å². The van der Waals surface area contributed by atoms with Crippen molar-refractivity contribution < 1.29 is 9.90 Å². The molecule has 0 aliphatic rings. The van der Waals surface area contributed by atoms with Gasteiger partial charge in [0.1, 0.15) is 17.9 Å². The fraction of sp³-hybridized carbons (Fsp3) is 0.250. The van der Waals surface area contributed by atoms with E-state index in [-0.39, 0.29) is 18.2 Å². The summed E-state index contributed by atoms with van der Waals surface area (Å²) in [5.74, 6) is 0.502. The molecule has 1 unspecified atom stereocenters. The molecule has 0 saturated heterocycles. The third kappa shape index (κ3) is 3.78. The van der Waals surface area contributed by atoms with E-state index in [0.717, 1.165) is 5.56 Å². The topological polar surface area (TPSA) is 117 Å². The van der Waals surface area contributed by atoms with Gasteiger partial charge in [-0.05, 0) is 24.1 Å². The Labute approximate surface area is 109 Å². The van der Waals surface area contributed by atoms with Crippen molar-refractivity contribution in [3.63, 3.8) is 0 Å². The van der Waals surface area contributed by atoms with E-state index in [1.807, 2.05) is 0 Å². The van der Waals surface area contributed by atoms with E-state index in [1.54, 1.807) is 24.3 Å². The lowest BCUT2D eigenvalue weighted by molar-refractivity contribution is -0.122. The van der Waals surface area contributed by atoms with Crippen molar-refractivity contribution in [3.05, 3.63) is 42.0 Å². The summed E-state index contributed by atoms with van der Waals surface area (Å²) in [6.07, 6.45) is 1.78. The molecule has 0 spiro atoms. The van der Waals surface area contributed by atoms with E-state index in [1.165, 1.54) is 6.33 Å². The predicted molar refractivity (Wildman–Crippen MR) is 68.0 cm³/mol. The number of nitrogens with zero attached hydrogens (tertiary/aromatic N) is 2. The Hall–Kier alpha value is -2.41. The maximum atomic E-state index is 11.8. The second kappa shape index (κ2) is 5.96. The van der Waals surface area contributed by atoms with Crippen molar-refractivity contribution >= 4 is 5.91 Å². The zero-order chi connectivity index (χ0) is 13.7. The van der Waals surface area contributed by atoms with Gasteiger partial charge in [0.05, 0.1) is 12.6 Å². The summed E-state index contributed by atoms with van der Waals surface area (Å²) < 4.78 is 0. The van der Waals surface area contributed by atoms with Crippen molar-refractivity contribution in [3.8, 4) is 5.75 Å². The van der Waals surface area contributed by atoms with Gasteiger partial charge in [0.15, 0.2) is 0 Å². The molecular formula is C12H15N5O2. The zero-order valence-corrected chi connectivity index (χ0v) is 10.2. The number of H-pyrrole nitrogens is 1. The summed E-state index contributed by atoms with van der Waals surface area (Å²) in [7, 11) is 0. The number of aromatic nitrogens is 3. The van der Waals surface area contributed by atoms with Crippen molar-refractivity contribution in [2.75, 3.05) is 0 Å². The van der Waals surface area contributed by atoms with E-state index in [9.17, 15) is 4.79 Å². The highest BCUT2D eigenvalue weighted by Gasteiger charge is 2.14. The fourth-order valence-corrected chi connectivity index (χ4v) is 1.60. The third-order valence-electron chi connectivity index (χ3n) is 2.62. The second-order valence-electron chi connectivity index (χ2n) is 4.13. The summed E-state index contributed by atoms with van der Waals surface area (Å²) in [5.41, 5.74) is 6.69. The van der Waals surface area contributed by atoms with Gasteiger partial charge < -0.3 is 16.2 Å². The van der Waals surface area contributed by atoms with Gasteiger partial charge in [0.2, 0.25) is 5.91 Å². The molecule has 0 saturated carbocycles. The summed E-state index contributed by atoms with van der Waals surface area (Å²) in [6.45, 7) is 0.266. The molecule has 0 fully saturated rings. The van der Waals surface area contributed by atoms with Gasteiger partial charge >= 0.3 is 0 Å². The molecule has 1 aromatic carbocycles. The average Bonchev–Trinajstić information content (AvgIpc) is 2.91. The van der Waals surface area contributed by atoms with Crippen LogP contribution in [0.2, 0.25) is 0 Å². The summed E-state index contributed by atoms with van der Waals surface area (Å²) in [6, 6.07) is 5.95. The lowest BCUT2D eigenvalue weighted by Crippen LogP contribution is -2.41. The molecule has 1 amide bonds. The molecule has 1 atom stereocenters. The standard InChI is InChI=1S/C12H15N5O2/c13-10(5-8-1-3-9(18)4-2-8)12(19)14-6-11-15-7-16-17-11/h1-4,7,10,18H,5-6,13H2,(H,14,19)(H,15,16,17). The Morgan fingerprint density at radius 1 is 1.42 bits per heavy atom. The lowest BCUT2D eigenvalue weighted by Gasteiger charge is -2.11. The first-order valence-corrected chi connectivity index (χ1v) is 5.80. The van der Waals surface area contributed by atoms with Crippen LogP contribution >= 0.6 is 0 Å². The number of phenols is 1.